The van der Waals surface area contributed by atoms with Gasteiger partial charge in [-0.25, -0.2) is 4.39 Å². The number of amides is 2. The number of rotatable bonds is 9. The molecular formula is C25H24ClFN2O5. The van der Waals surface area contributed by atoms with E-state index in [0.29, 0.717) is 16.7 Å². The topological polar surface area (TPSA) is 97.6 Å². The maximum absolute atomic E-state index is 13.4. The smallest absolute Gasteiger partial charge is 0.291 e. The van der Waals surface area contributed by atoms with Crippen molar-refractivity contribution in [3.8, 4) is 5.75 Å². The molecule has 0 bridgehead atoms. The molecule has 34 heavy (non-hydrogen) atoms. The molecule has 178 valence electrons. The predicted molar refractivity (Wildman–Crippen MR) is 128 cm³/mol. The van der Waals surface area contributed by atoms with Crippen LogP contribution in [0.2, 0.25) is 5.02 Å². The molecule has 1 aromatic heterocycles. The third-order valence-electron chi connectivity index (χ3n) is 4.94. The summed E-state index contributed by atoms with van der Waals surface area (Å²) in [5, 5.41) is 5.53. The van der Waals surface area contributed by atoms with Crippen LogP contribution in [-0.4, -0.2) is 25.0 Å². The molecule has 0 unspecified atom stereocenters. The van der Waals surface area contributed by atoms with Gasteiger partial charge in [0.15, 0.2) is 17.8 Å². The Morgan fingerprint density at radius 3 is 2.65 bits per heavy atom. The Kier molecular flexibility index (Phi) is 8.07. The highest BCUT2D eigenvalue weighted by atomic mass is 35.5. The highest BCUT2D eigenvalue weighted by molar-refractivity contribution is 6.30. The molecule has 0 aliphatic heterocycles. The molecule has 0 spiro atoms. The number of carbonyl (C=O) groups is 2. The molecule has 0 saturated heterocycles. The quantitative estimate of drug-likeness (QED) is 0.463. The van der Waals surface area contributed by atoms with Gasteiger partial charge in [-0.3, -0.25) is 14.4 Å². The molecule has 0 aliphatic carbocycles. The van der Waals surface area contributed by atoms with Crippen molar-refractivity contribution in [2.75, 3.05) is 13.2 Å². The van der Waals surface area contributed by atoms with E-state index in [1.165, 1.54) is 12.1 Å². The Hall–Kier alpha value is -3.65. The molecule has 2 N–H and O–H groups in total. The Bertz CT molecular complexity index is 1300. The van der Waals surface area contributed by atoms with Crippen LogP contribution < -0.4 is 20.8 Å². The van der Waals surface area contributed by atoms with Crippen molar-refractivity contribution in [2.24, 2.45) is 0 Å². The predicted octanol–water partition coefficient (Wildman–Crippen LogP) is 4.54. The molecular weight excluding hydrogens is 463 g/mol. The van der Waals surface area contributed by atoms with E-state index in [2.05, 4.69) is 17.2 Å². The summed E-state index contributed by atoms with van der Waals surface area (Å²) in [4.78, 5) is 36.8. The first-order chi connectivity index (χ1) is 16.1. The van der Waals surface area contributed by atoms with Crippen molar-refractivity contribution in [1.29, 1.82) is 0 Å². The van der Waals surface area contributed by atoms with E-state index in [4.69, 9.17) is 20.8 Å². The lowest BCUT2D eigenvalue weighted by Crippen LogP contribution is -2.31. The summed E-state index contributed by atoms with van der Waals surface area (Å²) in [5.41, 5.74) is 1.33. The van der Waals surface area contributed by atoms with Crippen LogP contribution in [0.25, 0.3) is 11.0 Å². The van der Waals surface area contributed by atoms with Crippen molar-refractivity contribution in [3.63, 3.8) is 0 Å². The number of halogens is 2. The van der Waals surface area contributed by atoms with Gasteiger partial charge >= 0.3 is 0 Å². The van der Waals surface area contributed by atoms with E-state index >= 15 is 0 Å². The highest BCUT2D eigenvalue weighted by Gasteiger charge is 2.14. The van der Waals surface area contributed by atoms with Gasteiger partial charge in [0.05, 0.1) is 10.4 Å². The second-order valence-corrected chi connectivity index (χ2v) is 8.31. The number of fused-ring (bicyclic) bond motifs is 1. The molecule has 7 nitrogen and oxygen atoms in total. The zero-order valence-electron chi connectivity index (χ0n) is 18.7. The van der Waals surface area contributed by atoms with Crippen LogP contribution in [0.4, 0.5) is 4.39 Å². The van der Waals surface area contributed by atoms with E-state index in [-0.39, 0.29) is 47.5 Å². The van der Waals surface area contributed by atoms with E-state index < -0.39 is 17.6 Å². The standard InChI is InChI=1S/C25H24ClFN2O5/c1-14(2)16-4-7-22-18(10-16)21(30)12-23(34-22)25(32)29-15(3)8-9-28-24(31)13-33-17-5-6-19(26)20(27)11-17/h4-7,10-12,14H,3,8-9,13H2,1-2H3,(H,28,31)(H,29,32). The number of hydrogen-bond donors (Lipinski definition) is 2. The molecule has 2 aromatic carbocycles. The fourth-order valence-corrected chi connectivity index (χ4v) is 3.17. The van der Waals surface area contributed by atoms with Crippen LogP contribution in [0.15, 0.2) is 64.0 Å². The van der Waals surface area contributed by atoms with E-state index in [0.717, 1.165) is 17.7 Å². The summed E-state index contributed by atoms with van der Waals surface area (Å²) < 4.78 is 24.2. The SMILES string of the molecule is C=C(CCNC(=O)COc1ccc(Cl)c(F)c1)NC(=O)c1cc(=O)c2cc(C(C)C)ccc2o1. The molecule has 0 radical (unpaired) electrons. The number of carbonyl (C=O) groups excluding carboxylic acids is 2. The average Bonchev–Trinajstić information content (AvgIpc) is 2.79. The van der Waals surface area contributed by atoms with Gasteiger partial charge in [0.25, 0.3) is 11.8 Å². The van der Waals surface area contributed by atoms with Crippen molar-refractivity contribution >= 4 is 34.4 Å². The summed E-state index contributed by atoms with van der Waals surface area (Å²) >= 11 is 5.60. The lowest BCUT2D eigenvalue weighted by Gasteiger charge is -2.11. The van der Waals surface area contributed by atoms with E-state index in [1.807, 2.05) is 19.9 Å². The van der Waals surface area contributed by atoms with Crippen LogP contribution in [-0.2, 0) is 4.79 Å². The molecule has 3 aromatic rings. The third-order valence-corrected chi connectivity index (χ3v) is 5.25. The van der Waals surface area contributed by atoms with Crippen molar-refractivity contribution in [1.82, 2.24) is 10.6 Å². The largest absolute Gasteiger partial charge is 0.484 e. The number of hydrogen-bond acceptors (Lipinski definition) is 5. The Labute approximate surface area is 200 Å². The summed E-state index contributed by atoms with van der Waals surface area (Å²) in [6, 6.07) is 10.3. The third kappa shape index (κ3) is 6.45. The zero-order chi connectivity index (χ0) is 24.8. The fourth-order valence-electron chi connectivity index (χ4n) is 3.05. The van der Waals surface area contributed by atoms with Gasteiger partial charge in [-0.2, -0.15) is 0 Å². The van der Waals surface area contributed by atoms with Gasteiger partial charge in [0.2, 0.25) is 0 Å². The second-order valence-electron chi connectivity index (χ2n) is 7.91. The van der Waals surface area contributed by atoms with Gasteiger partial charge in [0.1, 0.15) is 17.1 Å². The zero-order valence-corrected chi connectivity index (χ0v) is 19.5. The number of ether oxygens (including phenoxy) is 1. The Morgan fingerprint density at radius 2 is 1.94 bits per heavy atom. The minimum absolute atomic E-state index is 0.0411. The summed E-state index contributed by atoms with van der Waals surface area (Å²) in [6.07, 6.45) is 0.239. The lowest BCUT2D eigenvalue weighted by molar-refractivity contribution is -0.123. The first-order valence-corrected chi connectivity index (χ1v) is 10.9. The molecule has 1 heterocycles. The monoisotopic (exact) mass is 486 g/mol. The first kappa shape index (κ1) is 25.0. The maximum Gasteiger partial charge on any atom is 0.291 e. The molecule has 9 heteroatoms. The van der Waals surface area contributed by atoms with Crippen LogP contribution in [0.1, 0.15) is 42.3 Å². The van der Waals surface area contributed by atoms with E-state index in [9.17, 15) is 18.8 Å². The van der Waals surface area contributed by atoms with Crippen LogP contribution >= 0.6 is 11.6 Å². The van der Waals surface area contributed by atoms with Gasteiger partial charge in [0, 0.05) is 30.8 Å². The average molecular weight is 487 g/mol. The molecule has 0 aliphatic rings. The van der Waals surface area contributed by atoms with E-state index in [1.54, 1.807) is 12.1 Å². The molecule has 2 amide bonds. The summed E-state index contributed by atoms with van der Waals surface area (Å²) in [7, 11) is 0. The number of nitrogens with one attached hydrogen (secondary N) is 2. The van der Waals surface area contributed by atoms with Gasteiger partial charge in [-0.15, -0.1) is 0 Å². The Morgan fingerprint density at radius 1 is 1.18 bits per heavy atom. The molecule has 3 rings (SSSR count). The molecule has 0 fully saturated rings. The normalized spacial score (nSPS) is 10.9. The van der Waals surface area contributed by atoms with Crippen LogP contribution in [0.3, 0.4) is 0 Å². The minimum atomic E-state index is -0.644. The van der Waals surface area contributed by atoms with Crippen molar-refractivity contribution in [2.45, 2.75) is 26.2 Å². The Balaban J connectivity index is 1.48. The number of benzene rings is 2. The summed E-state index contributed by atoms with van der Waals surface area (Å²) in [5.74, 6) is -1.40. The first-order valence-electron chi connectivity index (χ1n) is 10.6. The fraction of sp³-hybridized carbons (Fsp3) is 0.240. The molecule has 0 atom stereocenters. The van der Waals surface area contributed by atoms with Gasteiger partial charge in [-0.05, 0) is 35.7 Å². The minimum Gasteiger partial charge on any atom is -0.484 e. The molecule has 0 saturated carbocycles. The van der Waals surface area contributed by atoms with Crippen molar-refractivity contribution in [3.05, 3.63) is 87.1 Å². The highest BCUT2D eigenvalue weighted by Crippen LogP contribution is 2.21. The van der Waals surface area contributed by atoms with Crippen LogP contribution in [0.5, 0.6) is 5.75 Å². The van der Waals surface area contributed by atoms with Crippen molar-refractivity contribution < 1.29 is 23.1 Å². The van der Waals surface area contributed by atoms with Crippen LogP contribution in [0, 0.1) is 5.82 Å². The summed E-state index contributed by atoms with van der Waals surface area (Å²) in [6.45, 7) is 7.65. The second kappa shape index (κ2) is 11.0. The maximum atomic E-state index is 13.4. The van der Waals surface area contributed by atoms with Gasteiger partial charge < -0.3 is 19.8 Å². The van der Waals surface area contributed by atoms with Gasteiger partial charge in [-0.1, -0.05) is 38.1 Å². The lowest BCUT2D eigenvalue weighted by atomic mass is 10.0.